The predicted octanol–water partition coefficient (Wildman–Crippen LogP) is 3.70. The van der Waals surface area contributed by atoms with Gasteiger partial charge >= 0.3 is 0 Å². The molecular formula is C28H36N8O2. The summed E-state index contributed by atoms with van der Waals surface area (Å²) in [6, 6.07) is 10.2. The predicted molar refractivity (Wildman–Crippen MR) is 150 cm³/mol. The second-order valence-corrected chi connectivity index (χ2v) is 10.0. The number of anilines is 3. The van der Waals surface area contributed by atoms with Crippen molar-refractivity contribution < 1.29 is 9.53 Å². The molecule has 0 saturated carbocycles. The van der Waals surface area contributed by atoms with Crippen LogP contribution < -0.4 is 15.5 Å². The van der Waals surface area contributed by atoms with Crippen LogP contribution in [0.25, 0.3) is 10.9 Å². The van der Waals surface area contributed by atoms with Gasteiger partial charge in [-0.1, -0.05) is 18.2 Å². The normalized spacial score (nSPS) is 17.3. The number of carbonyl (C=O) groups is 1. The summed E-state index contributed by atoms with van der Waals surface area (Å²) in [7, 11) is 0. The van der Waals surface area contributed by atoms with E-state index >= 15 is 0 Å². The number of aromatic nitrogens is 3. The number of carbonyl (C=O) groups excluding carboxylic acids is 1. The first kappa shape index (κ1) is 25.8. The van der Waals surface area contributed by atoms with Gasteiger partial charge in [0.15, 0.2) is 5.82 Å². The molecule has 3 aromatic rings. The zero-order valence-corrected chi connectivity index (χ0v) is 22.1. The van der Waals surface area contributed by atoms with E-state index in [0.717, 1.165) is 54.8 Å². The molecule has 1 amide bonds. The molecule has 0 bridgehead atoms. The smallest absolute Gasteiger partial charge is 0.228 e. The third kappa shape index (κ3) is 5.85. The third-order valence-corrected chi connectivity index (χ3v) is 7.44. The van der Waals surface area contributed by atoms with Crippen molar-refractivity contribution >= 4 is 40.5 Å². The van der Waals surface area contributed by atoms with Crippen molar-refractivity contribution in [1.82, 2.24) is 19.9 Å². The number of amides is 1. The number of benzene rings is 1. The highest BCUT2D eigenvalue weighted by Crippen LogP contribution is 2.30. The summed E-state index contributed by atoms with van der Waals surface area (Å²) in [6.07, 6.45) is 5.20. The Hall–Kier alpha value is -3.79. The summed E-state index contributed by atoms with van der Waals surface area (Å²) in [6.45, 7) is 8.57. The van der Waals surface area contributed by atoms with Crippen LogP contribution in [0.1, 0.15) is 44.0 Å². The number of nitrogens with zero attached hydrogens (tertiary/aromatic N) is 5. The maximum absolute atomic E-state index is 11.8. The van der Waals surface area contributed by atoms with Crippen molar-refractivity contribution in [1.29, 1.82) is 5.41 Å². The number of hydrogen-bond donors (Lipinski definition) is 3. The molecule has 1 aromatic carbocycles. The molecule has 2 aliphatic heterocycles. The van der Waals surface area contributed by atoms with Crippen molar-refractivity contribution in [3.63, 3.8) is 0 Å². The summed E-state index contributed by atoms with van der Waals surface area (Å²) < 4.78 is 5.52. The van der Waals surface area contributed by atoms with Gasteiger partial charge < -0.3 is 30.6 Å². The van der Waals surface area contributed by atoms with Gasteiger partial charge in [-0.15, -0.1) is 0 Å². The van der Waals surface area contributed by atoms with E-state index in [4.69, 9.17) is 20.1 Å². The Kier molecular flexibility index (Phi) is 7.97. The van der Waals surface area contributed by atoms with Gasteiger partial charge in [0.25, 0.3) is 0 Å². The number of fused-ring (bicyclic) bond motifs is 1. The van der Waals surface area contributed by atoms with E-state index in [9.17, 15) is 4.79 Å². The Bertz CT molecular complexity index is 1290. The standard InChI is InChI=1S/C28H36N8O2/c1-19(23-15-22-5-3-4-6-24(22)30-18-23)32-27-26(31-17-21-7-13-38-14-8-21)25(16-29)33-28(34-27)36-11-9-35(10-12-36)20(2)37/h3-6,15-16,18-19,21,29,31H,7-14,17H2,1-2H3,(H,32,33,34)/t19-/m1/s1. The van der Waals surface area contributed by atoms with Crippen molar-refractivity contribution in [2.24, 2.45) is 5.92 Å². The summed E-state index contributed by atoms with van der Waals surface area (Å²) in [5.41, 5.74) is 3.29. The molecule has 10 nitrogen and oxygen atoms in total. The number of pyridine rings is 1. The van der Waals surface area contributed by atoms with Gasteiger partial charge in [-0.05, 0) is 43.4 Å². The first-order valence-corrected chi connectivity index (χ1v) is 13.4. The van der Waals surface area contributed by atoms with E-state index in [-0.39, 0.29) is 11.9 Å². The minimum Gasteiger partial charge on any atom is -0.381 e. The van der Waals surface area contributed by atoms with Crippen LogP contribution in [0.15, 0.2) is 36.5 Å². The van der Waals surface area contributed by atoms with Crippen molar-refractivity contribution in [2.45, 2.75) is 32.7 Å². The maximum atomic E-state index is 11.8. The molecule has 38 heavy (non-hydrogen) atoms. The molecule has 5 rings (SSSR count). The summed E-state index contributed by atoms with van der Waals surface area (Å²) in [4.78, 5) is 30.1. The molecule has 2 fully saturated rings. The molecule has 0 radical (unpaired) electrons. The number of rotatable bonds is 8. The molecule has 2 saturated heterocycles. The van der Waals surface area contributed by atoms with Crippen LogP contribution in [0.3, 0.4) is 0 Å². The van der Waals surface area contributed by atoms with Crippen LogP contribution in [0.4, 0.5) is 17.5 Å². The number of piperazine rings is 1. The van der Waals surface area contributed by atoms with Crippen molar-refractivity contribution in [2.75, 3.05) is 61.5 Å². The Balaban J connectivity index is 1.43. The van der Waals surface area contributed by atoms with Crippen molar-refractivity contribution in [3.05, 3.63) is 47.8 Å². The third-order valence-electron chi connectivity index (χ3n) is 7.44. The molecular weight excluding hydrogens is 480 g/mol. The fourth-order valence-corrected chi connectivity index (χ4v) is 5.02. The van der Waals surface area contributed by atoms with E-state index in [1.165, 1.54) is 6.21 Å². The van der Waals surface area contributed by atoms with Gasteiger partial charge in [0.2, 0.25) is 11.9 Å². The monoisotopic (exact) mass is 516 g/mol. The van der Waals surface area contributed by atoms with Crippen LogP contribution in [0, 0.1) is 11.3 Å². The molecule has 2 aromatic heterocycles. The zero-order chi connectivity index (χ0) is 26.5. The fourth-order valence-electron chi connectivity index (χ4n) is 5.02. The minimum absolute atomic E-state index is 0.0772. The minimum atomic E-state index is -0.0772. The number of nitrogens with one attached hydrogen (secondary N) is 3. The second-order valence-electron chi connectivity index (χ2n) is 10.0. The zero-order valence-electron chi connectivity index (χ0n) is 22.1. The summed E-state index contributed by atoms with van der Waals surface area (Å²) in [5.74, 6) is 1.81. The topological polar surface area (TPSA) is 119 Å². The molecule has 2 aliphatic rings. The molecule has 0 unspecified atom stereocenters. The lowest BCUT2D eigenvalue weighted by Crippen LogP contribution is -2.48. The molecule has 0 spiro atoms. The van der Waals surface area contributed by atoms with Gasteiger partial charge in [-0.3, -0.25) is 9.78 Å². The largest absolute Gasteiger partial charge is 0.381 e. The first-order valence-electron chi connectivity index (χ1n) is 13.4. The van der Waals surface area contributed by atoms with Crippen LogP contribution in [-0.2, 0) is 9.53 Å². The molecule has 10 heteroatoms. The van der Waals surface area contributed by atoms with Crippen LogP contribution in [0.2, 0.25) is 0 Å². The Morgan fingerprint density at radius 3 is 2.68 bits per heavy atom. The lowest BCUT2D eigenvalue weighted by Gasteiger charge is -2.34. The van der Waals surface area contributed by atoms with E-state index in [2.05, 4.69) is 39.6 Å². The average molecular weight is 517 g/mol. The quantitative estimate of drug-likeness (QED) is 0.388. The highest BCUT2D eigenvalue weighted by Gasteiger charge is 2.24. The maximum Gasteiger partial charge on any atom is 0.228 e. The lowest BCUT2D eigenvalue weighted by atomic mass is 10.0. The Morgan fingerprint density at radius 1 is 1.18 bits per heavy atom. The Labute approximate surface area is 223 Å². The number of hydrogen-bond acceptors (Lipinski definition) is 9. The average Bonchev–Trinajstić information content (AvgIpc) is 2.96. The van der Waals surface area contributed by atoms with Gasteiger partial charge in [-0.2, -0.15) is 4.98 Å². The van der Waals surface area contributed by atoms with E-state index in [1.54, 1.807) is 6.92 Å². The molecule has 4 heterocycles. The summed E-state index contributed by atoms with van der Waals surface area (Å²) >= 11 is 0. The van der Waals surface area contributed by atoms with Gasteiger partial charge in [0, 0.05) is 70.7 Å². The summed E-state index contributed by atoms with van der Waals surface area (Å²) in [5, 5.41) is 16.4. The second kappa shape index (κ2) is 11.7. The van der Waals surface area contributed by atoms with E-state index in [0.29, 0.717) is 49.6 Å². The van der Waals surface area contributed by atoms with Crippen LogP contribution in [-0.4, -0.2) is 77.9 Å². The van der Waals surface area contributed by atoms with Gasteiger partial charge in [0.1, 0.15) is 11.4 Å². The van der Waals surface area contributed by atoms with Gasteiger partial charge in [-0.25, -0.2) is 4.98 Å². The Morgan fingerprint density at radius 2 is 1.95 bits per heavy atom. The molecule has 200 valence electrons. The molecule has 3 N–H and O–H groups in total. The number of ether oxygens (including phenoxy) is 1. The van der Waals surface area contributed by atoms with Crippen LogP contribution in [0.5, 0.6) is 0 Å². The number of para-hydroxylation sites is 1. The van der Waals surface area contributed by atoms with Crippen molar-refractivity contribution in [3.8, 4) is 0 Å². The highest BCUT2D eigenvalue weighted by molar-refractivity contribution is 5.89. The lowest BCUT2D eigenvalue weighted by molar-refractivity contribution is -0.129. The van der Waals surface area contributed by atoms with E-state index < -0.39 is 0 Å². The first-order chi connectivity index (χ1) is 18.5. The molecule has 0 aliphatic carbocycles. The SMILES string of the molecule is CC(=O)N1CCN(c2nc(C=N)c(NCC3CCOCC3)c(N[C@H](C)c3cnc4ccccc4c3)n2)CC1. The van der Waals surface area contributed by atoms with Gasteiger partial charge in [0.05, 0.1) is 11.6 Å². The molecule has 1 atom stereocenters. The van der Waals surface area contributed by atoms with Crippen LogP contribution >= 0.6 is 0 Å². The fraction of sp³-hybridized carbons (Fsp3) is 0.464. The van der Waals surface area contributed by atoms with E-state index in [1.807, 2.05) is 29.3 Å². The highest BCUT2D eigenvalue weighted by atomic mass is 16.5.